The number of rotatable bonds is 5. The van der Waals surface area contributed by atoms with Crippen molar-refractivity contribution in [3.8, 4) is 0 Å². The highest BCUT2D eigenvalue weighted by atomic mass is 79.9. The van der Waals surface area contributed by atoms with Crippen molar-refractivity contribution in [2.45, 2.75) is 17.9 Å². The fourth-order valence-electron chi connectivity index (χ4n) is 1.99. The van der Waals surface area contributed by atoms with Crippen LogP contribution < -0.4 is 4.72 Å². The first-order valence-electron chi connectivity index (χ1n) is 6.58. The summed E-state index contributed by atoms with van der Waals surface area (Å²) in [6, 6.07) is 9.87. The van der Waals surface area contributed by atoms with Crippen LogP contribution in [0, 0.1) is 5.82 Å². The summed E-state index contributed by atoms with van der Waals surface area (Å²) in [5.74, 6) is -0.387. The molecule has 0 heterocycles. The zero-order valence-electron chi connectivity index (χ0n) is 11.8. The Hall–Kier alpha value is -1.28. The van der Waals surface area contributed by atoms with Gasteiger partial charge in [0.05, 0.1) is 4.90 Å². The molecule has 0 bridgehead atoms. The first kappa shape index (κ1) is 17.1. The maximum Gasteiger partial charge on any atom is 0.240 e. The summed E-state index contributed by atoms with van der Waals surface area (Å²) >= 11 is 3.28. The summed E-state index contributed by atoms with van der Waals surface area (Å²) < 4.78 is 39.7. The van der Waals surface area contributed by atoms with E-state index in [1.807, 2.05) is 0 Å². The number of halogens is 2. The van der Waals surface area contributed by atoms with Crippen molar-refractivity contribution in [2.24, 2.45) is 0 Å². The average Bonchev–Trinajstić information content (AvgIpc) is 2.47. The Bertz CT molecular complexity index is 763. The Morgan fingerprint density at radius 3 is 2.41 bits per heavy atom. The van der Waals surface area contributed by atoms with Crippen LogP contribution >= 0.6 is 15.9 Å². The maximum atomic E-state index is 12.9. The molecule has 0 spiro atoms. The summed E-state index contributed by atoms with van der Waals surface area (Å²) in [7, 11) is -3.56. The van der Waals surface area contributed by atoms with E-state index >= 15 is 0 Å². The number of hydrogen-bond acceptors (Lipinski definition) is 3. The van der Waals surface area contributed by atoms with Gasteiger partial charge in [0, 0.05) is 11.0 Å². The third-order valence-corrected chi connectivity index (χ3v) is 5.33. The molecule has 0 fully saturated rings. The highest BCUT2D eigenvalue weighted by Crippen LogP contribution is 2.30. The van der Waals surface area contributed by atoms with Crippen LogP contribution in [0.4, 0.5) is 4.39 Å². The summed E-state index contributed by atoms with van der Waals surface area (Å²) in [4.78, 5) is 0.108. The minimum Gasteiger partial charge on any atom is -0.384 e. The first-order valence-corrected chi connectivity index (χ1v) is 8.85. The molecule has 1 unspecified atom stereocenters. The van der Waals surface area contributed by atoms with Crippen molar-refractivity contribution < 1.29 is 17.9 Å². The van der Waals surface area contributed by atoms with Crippen molar-refractivity contribution in [2.75, 3.05) is 6.54 Å². The molecule has 118 valence electrons. The normalized spacial score (nSPS) is 13.1. The molecule has 0 radical (unpaired) electrons. The molecule has 2 aromatic rings. The molecule has 7 heteroatoms. The monoisotopic (exact) mass is 387 g/mol. The summed E-state index contributed by atoms with van der Waals surface area (Å²) in [5, 5.41) is 10.3. The van der Waals surface area contributed by atoms with Gasteiger partial charge in [0.15, 0.2) is 0 Å². The van der Waals surface area contributed by atoms with E-state index in [-0.39, 0.29) is 10.7 Å². The highest BCUT2D eigenvalue weighted by Gasteiger charge is 2.18. The predicted octanol–water partition coefficient (Wildman–Crippen LogP) is 2.97. The minimum atomic E-state index is -3.56. The van der Waals surface area contributed by atoms with E-state index < -0.39 is 16.1 Å². The van der Waals surface area contributed by atoms with Crippen molar-refractivity contribution in [1.29, 1.82) is 0 Å². The molecule has 0 saturated carbocycles. The Morgan fingerprint density at radius 2 is 1.86 bits per heavy atom. The lowest BCUT2D eigenvalue weighted by molar-refractivity contribution is 0.219. The van der Waals surface area contributed by atoms with Crippen molar-refractivity contribution in [1.82, 2.24) is 4.72 Å². The van der Waals surface area contributed by atoms with Crippen LogP contribution in [0.1, 0.15) is 24.2 Å². The van der Waals surface area contributed by atoms with Gasteiger partial charge in [0.2, 0.25) is 10.0 Å². The molecule has 2 rings (SSSR count). The van der Waals surface area contributed by atoms with Gasteiger partial charge in [-0.2, -0.15) is 0 Å². The van der Waals surface area contributed by atoms with Gasteiger partial charge in [0.25, 0.3) is 0 Å². The summed E-state index contributed by atoms with van der Waals surface area (Å²) in [6.07, 6.45) is -0.981. The lowest BCUT2D eigenvalue weighted by Crippen LogP contribution is -2.23. The van der Waals surface area contributed by atoms with E-state index in [2.05, 4.69) is 20.7 Å². The quantitative estimate of drug-likeness (QED) is 0.828. The zero-order valence-corrected chi connectivity index (χ0v) is 14.2. The summed E-state index contributed by atoms with van der Waals surface area (Å²) in [5.41, 5.74) is 1.02. The van der Waals surface area contributed by atoms with Crippen LogP contribution in [0.15, 0.2) is 51.8 Å². The van der Waals surface area contributed by atoms with Crippen molar-refractivity contribution >= 4 is 26.0 Å². The third kappa shape index (κ3) is 3.73. The van der Waals surface area contributed by atoms with E-state index in [1.165, 1.54) is 42.5 Å². The van der Waals surface area contributed by atoms with Gasteiger partial charge in [0.1, 0.15) is 11.9 Å². The van der Waals surface area contributed by atoms with E-state index in [4.69, 9.17) is 0 Å². The molecule has 0 aliphatic heterocycles. The molecule has 0 amide bonds. The maximum absolute atomic E-state index is 12.9. The van der Waals surface area contributed by atoms with Crippen LogP contribution in [0.2, 0.25) is 0 Å². The summed E-state index contributed by atoms with van der Waals surface area (Å²) in [6.45, 7) is 1.99. The molecule has 0 saturated heterocycles. The molecular formula is C15H15BrFNO3S. The SMILES string of the molecule is CCNS(=O)(=O)c1ccc(C(O)c2ccc(F)cc2)c(Br)c1. The Labute approximate surface area is 137 Å². The van der Waals surface area contributed by atoms with E-state index in [9.17, 15) is 17.9 Å². The van der Waals surface area contributed by atoms with Gasteiger partial charge in [-0.1, -0.05) is 41.1 Å². The molecule has 2 aromatic carbocycles. The predicted molar refractivity (Wildman–Crippen MR) is 85.5 cm³/mol. The first-order chi connectivity index (χ1) is 10.3. The van der Waals surface area contributed by atoms with Crippen LogP contribution in [-0.4, -0.2) is 20.1 Å². The Kier molecular flexibility index (Phi) is 5.33. The van der Waals surface area contributed by atoms with Gasteiger partial charge >= 0.3 is 0 Å². The van der Waals surface area contributed by atoms with Crippen LogP contribution in [-0.2, 0) is 10.0 Å². The second-order valence-corrected chi connectivity index (χ2v) is 7.26. The largest absolute Gasteiger partial charge is 0.384 e. The van der Waals surface area contributed by atoms with Crippen molar-refractivity contribution in [3.05, 3.63) is 63.9 Å². The van der Waals surface area contributed by atoms with E-state index in [1.54, 1.807) is 6.92 Å². The second kappa shape index (κ2) is 6.87. The smallest absolute Gasteiger partial charge is 0.240 e. The van der Waals surface area contributed by atoms with Crippen molar-refractivity contribution in [3.63, 3.8) is 0 Å². The molecule has 0 aromatic heterocycles. The fraction of sp³-hybridized carbons (Fsp3) is 0.200. The second-order valence-electron chi connectivity index (χ2n) is 4.64. The number of hydrogen-bond donors (Lipinski definition) is 2. The van der Waals surface area contributed by atoms with Gasteiger partial charge in [-0.15, -0.1) is 0 Å². The topological polar surface area (TPSA) is 66.4 Å². The minimum absolute atomic E-state index is 0.108. The number of benzene rings is 2. The fourth-order valence-corrected chi connectivity index (χ4v) is 3.81. The zero-order chi connectivity index (χ0) is 16.3. The van der Waals surface area contributed by atoms with E-state index in [0.29, 0.717) is 22.1 Å². The number of aliphatic hydroxyl groups excluding tert-OH is 1. The highest BCUT2D eigenvalue weighted by molar-refractivity contribution is 9.10. The molecule has 22 heavy (non-hydrogen) atoms. The lowest BCUT2D eigenvalue weighted by atomic mass is 10.0. The molecule has 1 atom stereocenters. The Balaban J connectivity index is 2.36. The Morgan fingerprint density at radius 1 is 1.23 bits per heavy atom. The van der Waals surface area contributed by atoms with Gasteiger partial charge < -0.3 is 5.11 Å². The van der Waals surface area contributed by atoms with Crippen LogP contribution in [0.25, 0.3) is 0 Å². The molecular weight excluding hydrogens is 373 g/mol. The number of sulfonamides is 1. The van der Waals surface area contributed by atoms with Gasteiger partial charge in [-0.3, -0.25) is 0 Å². The standard InChI is InChI=1S/C15H15BrFNO3S/c1-2-18-22(20,21)12-7-8-13(14(16)9-12)15(19)10-3-5-11(17)6-4-10/h3-9,15,18-19H,2H2,1H3. The van der Waals surface area contributed by atoms with Gasteiger partial charge in [-0.05, 0) is 35.4 Å². The number of aliphatic hydroxyl groups is 1. The number of nitrogens with one attached hydrogen (secondary N) is 1. The van der Waals surface area contributed by atoms with E-state index in [0.717, 1.165) is 0 Å². The molecule has 2 N–H and O–H groups in total. The molecule has 0 aliphatic rings. The molecule has 0 aliphatic carbocycles. The third-order valence-electron chi connectivity index (χ3n) is 3.10. The van der Waals surface area contributed by atoms with Crippen LogP contribution in [0.5, 0.6) is 0 Å². The van der Waals surface area contributed by atoms with Gasteiger partial charge in [-0.25, -0.2) is 17.5 Å². The van der Waals surface area contributed by atoms with Crippen LogP contribution in [0.3, 0.4) is 0 Å². The average molecular weight is 388 g/mol. The lowest BCUT2D eigenvalue weighted by Gasteiger charge is -2.14. The molecule has 4 nitrogen and oxygen atoms in total.